The standard InChI is InChI=1S/C16H21F2NO2/c1-16(2)8-7-12(10-16)19-14(20)9-11-3-5-13(6-4-11)21-15(17)18/h3-6,12,15H,7-10H2,1-2H3,(H,19,20). The van der Waals surface area contributed by atoms with E-state index >= 15 is 0 Å². The highest BCUT2D eigenvalue weighted by Gasteiger charge is 2.31. The number of benzene rings is 1. The number of nitrogens with one attached hydrogen (secondary N) is 1. The summed E-state index contributed by atoms with van der Waals surface area (Å²) in [6.07, 6.45) is 3.39. The first-order valence-electron chi connectivity index (χ1n) is 7.17. The van der Waals surface area contributed by atoms with Crippen LogP contribution in [0.1, 0.15) is 38.7 Å². The number of halogens is 2. The number of hydrogen-bond donors (Lipinski definition) is 1. The first-order valence-corrected chi connectivity index (χ1v) is 7.17. The van der Waals surface area contributed by atoms with Crippen LogP contribution in [-0.4, -0.2) is 18.6 Å². The molecule has 1 aromatic carbocycles. The second-order valence-electron chi connectivity index (χ2n) is 6.37. The zero-order valence-corrected chi connectivity index (χ0v) is 12.4. The van der Waals surface area contributed by atoms with Crippen LogP contribution >= 0.6 is 0 Å². The van der Waals surface area contributed by atoms with E-state index in [0.717, 1.165) is 24.8 Å². The zero-order valence-electron chi connectivity index (χ0n) is 12.4. The summed E-state index contributed by atoms with van der Waals surface area (Å²) >= 11 is 0. The molecule has 1 N–H and O–H groups in total. The van der Waals surface area contributed by atoms with Crippen LogP contribution in [0.5, 0.6) is 5.75 Å². The van der Waals surface area contributed by atoms with Gasteiger partial charge >= 0.3 is 6.61 Å². The Labute approximate surface area is 123 Å². The average Bonchev–Trinajstić information content (AvgIpc) is 2.70. The van der Waals surface area contributed by atoms with E-state index in [2.05, 4.69) is 23.9 Å². The highest BCUT2D eigenvalue weighted by Crippen LogP contribution is 2.36. The number of ether oxygens (including phenoxy) is 1. The van der Waals surface area contributed by atoms with Gasteiger partial charge in [0.2, 0.25) is 5.91 Å². The summed E-state index contributed by atoms with van der Waals surface area (Å²) in [4.78, 5) is 12.0. The molecular formula is C16H21F2NO2. The van der Waals surface area contributed by atoms with Gasteiger partial charge in [-0.25, -0.2) is 0 Å². The van der Waals surface area contributed by atoms with Crippen LogP contribution in [-0.2, 0) is 11.2 Å². The molecule has 0 aromatic heterocycles. The number of rotatable bonds is 5. The highest BCUT2D eigenvalue weighted by atomic mass is 19.3. The van der Waals surface area contributed by atoms with Gasteiger partial charge in [-0.3, -0.25) is 4.79 Å². The molecule has 3 nitrogen and oxygen atoms in total. The summed E-state index contributed by atoms with van der Waals surface area (Å²) < 4.78 is 28.3. The van der Waals surface area contributed by atoms with Gasteiger partial charge in [-0.2, -0.15) is 8.78 Å². The van der Waals surface area contributed by atoms with E-state index in [1.54, 1.807) is 12.1 Å². The second kappa shape index (κ2) is 6.41. The molecule has 0 spiro atoms. The number of hydrogen-bond acceptors (Lipinski definition) is 2. The molecule has 1 amide bonds. The molecule has 1 aliphatic carbocycles. The number of carbonyl (C=O) groups excluding carboxylic acids is 1. The normalized spacial score (nSPS) is 20.5. The molecule has 0 saturated heterocycles. The van der Waals surface area contributed by atoms with E-state index in [1.165, 1.54) is 12.1 Å². The van der Waals surface area contributed by atoms with Gasteiger partial charge in [-0.1, -0.05) is 26.0 Å². The Hall–Kier alpha value is -1.65. The molecule has 1 unspecified atom stereocenters. The molecule has 0 radical (unpaired) electrons. The fraction of sp³-hybridized carbons (Fsp3) is 0.562. The molecule has 1 saturated carbocycles. The van der Waals surface area contributed by atoms with E-state index < -0.39 is 6.61 Å². The lowest BCUT2D eigenvalue weighted by molar-refractivity contribution is -0.121. The molecule has 1 aliphatic rings. The van der Waals surface area contributed by atoms with Crippen molar-refractivity contribution in [2.45, 2.75) is 52.2 Å². The van der Waals surface area contributed by atoms with Crippen molar-refractivity contribution in [2.75, 3.05) is 0 Å². The lowest BCUT2D eigenvalue weighted by atomic mass is 9.92. The maximum Gasteiger partial charge on any atom is 0.387 e. The predicted molar refractivity (Wildman–Crippen MR) is 76.3 cm³/mol. The van der Waals surface area contributed by atoms with E-state index in [0.29, 0.717) is 5.41 Å². The van der Waals surface area contributed by atoms with Crippen molar-refractivity contribution in [1.29, 1.82) is 0 Å². The summed E-state index contributed by atoms with van der Waals surface area (Å²) in [6, 6.07) is 6.42. The summed E-state index contributed by atoms with van der Waals surface area (Å²) in [5, 5.41) is 3.04. The van der Waals surface area contributed by atoms with Crippen molar-refractivity contribution < 1.29 is 18.3 Å². The van der Waals surface area contributed by atoms with Crippen molar-refractivity contribution in [3.63, 3.8) is 0 Å². The van der Waals surface area contributed by atoms with E-state index in [1.807, 2.05) is 0 Å². The third-order valence-corrected chi connectivity index (χ3v) is 3.85. The van der Waals surface area contributed by atoms with Crippen molar-refractivity contribution in [1.82, 2.24) is 5.32 Å². The van der Waals surface area contributed by atoms with Crippen LogP contribution in [0.3, 0.4) is 0 Å². The second-order valence-corrected chi connectivity index (χ2v) is 6.37. The van der Waals surface area contributed by atoms with Crippen molar-refractivity contribution in [3.05, 3.63) is 29.8 Å². The molecule has 2 rings (SSSR count). The molecule has 1 fully saturated rings. The lowest BCUT2D eigenvalue weighted by Gasteiger charge is -2.17. The first kappa shape index (κ1) is 15.7. The fourth-order valence-corrected chi connectivity index (χ4v) is 2.81. The smallest absolute Gasteiger partial charge is 0.387 e. The molecular weight excluding hydrogens is 276 g/mol. The number of amides is 1. The summed E-state index contributed by atoms with van der Waals surface area (Å²) in [5.74, 6) is 0.0759. The Balaban J connectivity index is 1.82. The molecule has 5 heteroatoms. The largest absolute Gasteiger partial charge is 0.435 e. The van der Waals surface area contributed by atoms with Crippen molar-refractivity contribution >= 4 is 5.91 Å². The van der Waals surface area contributed by atoms with Crippen molar-refractivity contribution in [3.8, 4) is 5.75 Å². The Morgan fingerprint density at radius 3 is 2.57 bits per heavy atom. The monoisotopic (exact) mass is 297 g/mol. The molecule has 0 bridgehead atoms. The van der Waals surface area contributed by atoms with Crippen LogP contribution in [0.2, 0.25) is 0 Å². The Kier molecular flexibility index (Phi) is 4.80. The Morgan fingerprint density at radius 2 is 2.05 bits per heavy atom. The van der Waals surface area contributed by atoms with Crippen LogP contribution in [0.25, 0.3) is 0 Å². The van der Waals surface area contributed by atoms with Gasteiger partial charge in [0, 0.05) is 6.04 Å². The van der Waals surface area contributed by atoms with Gasteiger partial charge in [0.1, 0.15) is 5.75 Å². The average molecular weight is 297 g/mol. The van der Waals surface area contributed by atoms with Gasteiger partial charge in [0.05, 0.1) is 6.42 Å². The third kappa shape index (κ3) is 4.99. The Bertz CT molecular complexity index is 486. The van der Waals surface area contributed by atoms with Gasteiger partial charge in [-0.05, 0) is 42.4 Å². The van der Waals surface area contributed by atoms with Gasteiger partial charge in [0.25, 0.3) is 0 Å². The predicted octanol–water partition coefficient (Wildman–Crippen LogP) is 3.53. The van der Waals surface area contributed by atoms with Gasteiger partial charge in [0.15, 0.2) is 0 Å². The Morgan fingerprint density at radius 1 is 1.38 bits per heavy atom. The molecule has 21 heavy (non-hydrogen) atoms. The minimum atomic E-state index is -2.83. The number of alkyl halides is 2. The molecule has 0 heterocycles. The topological polar surface area (TPSA) is 38.3 Å². The van der Waals surface area contributed by atoms with Crippen LogP contribution in [0.4, 0.5) is 8.78 Å². The quantitative estimate of drug-likeness (QED) is 0.903. The third-order valence-electron chi connectivity index (χ3n) is 3.85. The minimum Gasteiger partial charge on any atom is -0.435 e. The lowest BCUT2D eigenvalue weighted by Crippen LogP contribution is -2.34. The van der Waals surface area contributed by atoms with E-state index in [4.69, 9.17) is 0 Å². The first-order chi connectivity index (χ1) is 9.84. The summed E-state index contributed by atoms with van der Waals surface area (Å²) in [7, 11) is 0. The molecule has 0 aliphatic heterocycles. The summed E-state index contributed by atoms with van der Waals surface area (Å²) in [5.41, 5.74) is 1.08. The minimum absolute atomic E-state index is 0.0276. The number of carbonyl (C=O) groups is 1. The van der Waals surface area contributed by atoms with E-state index in [-0.39, 0.29) is 24.1 Å². The highest BCUT2D eigenvalue weighted by molar-refractivity contribution is 5.78. The molecule has 1 atom stereocenters. The van der Waals surface area contributed by atoms with Crippen LogP contribution in [0.15, 0.2) is 24.3 Å². The summed E-state index contributed by atoms with van der Waals surface area (Å²) in [6.45, 7) is 1.59. The van der Waals surface area contributed by atoms with Crippen LogP contribution < -0.4 is 10.1 Å². The SMILES string of the molecule is CC1(C)CCC(NC(=O)Cc2ccc(OC(F)F)cc2)C1. The van der Waals surface area contributed by atoms with Crippen LogP contribution in [0, 0.1) is 5.41 Å². The fourth-order valence-electron chi connectivity index (χ4n) is 2.81. The van der Waals surface area contributed by atoms with E-state index in [9.17, 15) is 13.6 Å². The molecule has 1 aromatic rings. The van der Waals surface area contributed by atoms with Crippen molar-refractivity contribution in [2.24, 2.45) is 5.41 Å². The van der Waals surface area contributed by atoms with Gasteiger partial charge in [-0.15, -0.1) is 0 Å². The molecule has 116 valence electrons. The maximum absolute atomic E-state index is 12.0. The van der Waals surface area contributed by atoms with Gasteiger partial charge < -0.3 is 10.1 Å². The maximum atomic E-state index is 12.0. The zero-order chi connectivity index (χ0) is 15.5.